The molecule has 0 saturated carbocycles. The van der Waals surface area contributed by atoms with E-state index >= 15 is 0 Å². The number of hydrogen-bond donors (Lipinski definition) is 1. The van der Waals surface area contributed by atoms with E-state index in [9.17, 15) is 4.79 Å². The van der Waals surface area contributed by atoms with Gasteiger partial charge in [0.05, 0.1) is 0 Å². The van der Waals surface area contributed by atoms with E-state index in [2.05, 4.69) is 4.98 Å². The van der Waals surface area contributed by atoms with E-state index in [1.165, 1.54) is 12.3 Å². The second-order valence-corrected chi connectivity index (χ2v) is 2.86. The molecule has 1 N–H and O–H groups in total. The van der Waals surface area contributed by atoms with Crippen molar-refractivity contribution in [1.29, 1.82) is 0 Å². The lowest BCUT2D eigenvalue weighted by atomic mass is 10.4. The summed E-state index contributed by atoms with van der Waals surface area (Å²) in [4.78, 5) is 15.7. The van der Waals surface area contributed by atoms with E-state index < -0.39 is 5.97 Å². The minimum absolute atomic E-state index is 0.0810. The van der Waals surface area contributed by atoms with Crippen LogP contribution in [0.25, 0.3) is 0 Å². The van der Waals surface area contributed by atoms with Crippen molar-refractivity contribution in [3.63, 3.8) is 0 Å². The molecule has 0 spiro atoms. The molecule has 0 fully saturated rings. The molecule has 0 aliphatic carbocycles. The summed E-state index contributed by atoms with van der Waals surface area (Å²) in [6, 6.07) is 4.76. The van der Waals surface area contributed by atoms with Crippen LogP contribution in [0.5, 0.6) is 0 Å². The number of carboxylic acid groups (broad SMARTS) is 1. The van der Waals surface area contributed by atoms with E-state index in [1.54, 1.807) is 12.1 Å². The lowest BCUT2D eigenvalue weighted by Gasteiger charge is -1.90. The van der Waals surface area contributed by atoms with Gasteiger partial charge in [0.25, 0.3) is 0 Å². The summed E-state index contributed by atoms with van der Waals surface area (Å²) in [7, 11) is 6.00. The van der Waals surface area contributed by atoms with Crippen molar-refractivity contribution in [2.75, 3.05) is 21.1 Å². The fourth-order valence-electron chi connectivity index (χ4n) is 0.489. The van der Waals surface area contributed by atoms with Crippen molar-refractivity contribution < 1.29 is 9.90 Å². The number of carboxylic acids is 1. The highest BCUT2D eigenvalue weighted by Crippen LogP contribution is 1.90. The molecule has 0 atom stereocenters. The van der Waals surface area contributed by atoms with Gasteiger partial charge in [0.2, 0.25) is 0 Å². The number of carbonyl (C=O) groups is 1. The van der Waals surface area contributed by atoms with E-state index in [1.807, 2.05) is 26.0 Å². The highest BCUT2D eigenvalue weighted by molar-refractivity contribution is 5.85. The van der Waals surface area contributed by atoms with Crippen LogP contribution in [-0.2, 0) is 0 Å². The van der Waals surface area contributed by atoms with Gasteiger partial charge in [0.1, 0.15) is 5.69 Å². The van der Waals surface area contributed by atoms with E-state index in [0.717, 1.165) is 0 Å². The summed E-state index contributed by atoms with van der Waals surface area (Å²) in [5.41, 5.74) is 0.0810. The fourth-order valence-corrected chi connectivity index (χ4v) is 0.489. The van der Waals surface area contributed by atoms with Gasteiger partial charge in [-0.25, -0.2) is 9.78 Å². The van der Waals surface area contributed by atoms with Crippen LogP contribution in [0.4, 0.5) is 0 Å². The number of aromatic carboxylic acids is 1. The van der Waals surface area contributed by atoms with Gasteiger partial charge in [-0.3, -0.25) is 0 Å². The van der Waals surface area contributed by atoms with Crippen LogP contribution in [0.3, 0.4) is 0 Å². The van der Waals surface area contributed by atoms with Crippen LogP contribution in [0.15, 0.2) is 24.4 Å². The van der Waals surface area contributed by atoms with Gasteiger partial charge in [-0.1, -0.05) is 6.07 Å². The average Bonchev–Trinajstić information content (AvgIpc) is 2.05. The number of rotatable bonds is 1. The minimum atomic E-state index is -0.990. The van der Waals surface area contributed by atoms with Crippen molar-refractivity contribution in [2.24, 2.45) is 0 Å². The molecule has 0 amide bonds. The van der Waals surface area contributed by atoms with Gasteiger partial charge in [-0.15, -0.1) is 0 Å². The summed E-state index contributed by atoms with van der Waals surface area (Å²) >= 11 is 0. The van der Waals surface area contributed by atoms with Crippen molar-refractivity contribution in [3.8, 4) is 0 Å². The standard InChI is InChI=1S/C6H5NO2.C3H9N/c8-6(9)5-3-1-2-4-7-5;1-4(2)3/h1-4H,(H,8,9);1-3H3. The quantitative estimate of drug-likeness (QED) is 0.702. The van der Waals surface area contributed by atoms with Crippen LogP contribution in [-0.4, -0.2) is 42.1 Å². The zero-order valence-electron chi connectivity index (χ0n) is 8.06. The van der Waals surface area contributed by atoms with Crippen molar-refractivity contribution in [1.82, 2.24) is 9.88 Å². The van der Waals surface area contributed by atoms with Crippen LogP contribution >= 0.6 is 0 Å². The highest BCUT2D eigenvalue weighted by atomic mass is 16.4. The molecule has 4 nitrogen and oxygen atoms in total. The molecule has 1 aromatic rings. The zero-order valence-corrected chi connectivity index (χ0v) is 8.06. The molecule has 1 heterocycles. The Bertz CT molecular complexity index is 244. The molecule has 0 radical (unpaired) electrons. The fraction of sp³-hybridized carbons (Fsp3) is 0.333. The summed E-state index contributed by atoms with van der Waals surface area (Å²) in [6.07, 6.45) is 1.45. The Hall–Kier alpha value is -1.42. The molecule has 0 unspecified atom stereocenters. The van der Waals surface area contributed by atoms with Gasteiger partial charge in [-0.05, 0) is 33.3 Å². The highest BCUT2D eigenvalue weighted by Gasteiger charge is 1.98. The Balaban J connectivity index is 0.000000310. The maximum Gasteiger partial charge on any atom is 0.354 e. The van der Waals surface area contributed by atoms with Gasteiger partial charge in [0.15, 0.2) is 0 Å². The molecule has 72 valence electrons. The van der Waals surface area contributed by atoms with Crippen LogP contribution in [0, 0.1) is 0 Å². The maximum atomic E-state index is 10.1. The summed E-state index contributed by atoms with van der Waals surface area (Å²) in [6.45, 7) is 0. The molecule has 13 heavy (non-hydrogen) atoms. The third kappa shape index (κ3) is 6.96. The van der Waals surface area contributed by atoms with Crippen LogP contribution < -0.4 is 0 Å². The first-order chi connectivity index (χ1) is 6.04. The molecule has 4 heteroatoms. The number of aromatic nitrogens is 1. The predicted molar refractivity (Wildman–Crippen MR) is 50.8 cm³/mol. The molecule has 1 aromatic heterocycles. The number of pyridine rings is 1. The third-order valence-electron chi connectivity index (χ3n) is 0.884. The molecule has 0 saturated heterocycles. The Labute approximate surface area is 77.8 Å². The third-order valence-corrected chi connectivity index (χ3v) is 0.884. The second-order valence-electron chi connectivity index (χ2n) is 2.86. The van der Waals surface area contributed by atoms with E-state index in [-0.39, 0.29) is 5.69 Å². The summed E-state index contributed by atoms with van der Waals surface area (Å²) in [5.74, 6) is -0.990. The first-order valence-corrected chi connectivity index (χ1v) is 3.79. The minimum Gasteiger partial charge on any atom is -0.477 e. The largest absolute Gasteiger partial charge is 0.477 e. The molecular weight excluding hydrogens is 168 g/mol. The van der Waals surface area contributed by atoms with Gasteiger partial charge in [-0.2, -0.15) is 0 Å². The lowest BCUT2D eigenvalue weighted by Crippen LogP contribution is -1.99. The topological polar surface area (TPSA) is 53.4 Å². The predicted octanol–water partition coefficient (Wildman–Crippen LogP) is 0.958. The van der Waals surface area contributed by atoms with Crippen molar-refractivity contribution in [2.45, 2.75) is 0 Å². The van der Waals surface area contributed by atoms with Gasteiger partial charge < -0.3 is 10.0 Å². The second kappa shape index (κ2) is 6.14. The molecule has 0 aliphatic rings. The van der Waals surface area contributed by atoms with Crippen LogP contribution in [0.2, 0.25) is 0 Å². The number of hydrogen-bond acceptors (Lipinski definition) is 3. The first-order valence-electron chi connectivity index (χ1n) is 3.79. The molecule has 0 aromatic carbocycles. The Morgan fingerprint density at radius 1 is 1.38 bits per heavy atom. The first kappa shape index (κ1) is 11.6. The summed E-state index contributed by atoms with van der Waals surface area (Å²) in [5, 5.41) is 8.32. The lowest BCUT2D eigenvalue weighted by molar-refractivity contribution is 0.0690. The summed E-state index contributed by atoms with van der Waals surface area (Å²) < 4.78 is 0. The van der Waals surface area contributed by atoms with Gasteiger partial charge >= 0.3 is 5.97 Å². The molecule has 0 aliphatic heterocycles. The SMILES string of the molecule is CN(C)C.O=C(O)c1ccccn1. The van der Waals surface area contributed by atoms with E-state index in [4.69, 9.17) is 5.11 Å². The molecular formula is C9H14N2O2. The molecule has 1 rings (SSSR count). The smallest absolute Gasteiger partial charge is 0.354 e. The van der Waals surface area contributed by atoms with Crippen LogP contribution in [0.1, 0.15) is 10.5 Å². The van der Waals surface area contributed by atoms with E-state index in [0.29, 0.717) is 0 Å². The van der Waals surface area contributed by atoms with Gasteiger partial charge in [0, 0.05) is 6.20 Å². The Kier molecular flexibility index (Phi) is 5.47. The van der Waals surface area contributed by atoms with Crippen molar-refractivity contribution >= 4 is 5.97 Å². The monoisotopic (exact) mass is 182 g/mol. The zero-order chi connectivity index (χ0) is 10.3. The van der Waals surface area contributed by atoms with Crippen molar-refractivity contribution in [3.05, 3.63) is 30.1 Å². The maximum absolute atomic E-state index is 10.1. The molecule has 0 bridgehead atoms. The Morgan fingerprint density at radius 3 is 2.15 bits per heavy atom. The number of nitrogens with zero attached hydrogens (tertiary/aromatic N) is 2. The average molecular weight is 182 g/mol. The Morgan fingerprint density at radius 2 is 1.92 bits per heavy atom. The normalized spacial score (nSPS) is 8.92.